The van der Waals surface area contributed by atoms with Crippen LogP contribution in [0, 0.1) is 0 Å². The van der Waals surface area contributed by atoms with Gasteiger partial charge in [-0.3, -0.25) is 9.89 Å². The van der Waals surface area contributed by atoms with E-state index in [0.717, 1.165) is 11.4 Å². The molecule has 0 radical (unpaired) electrons. The van der Waals surface area contributed by atoms with Crippen LogP contribution in [0.2, 0.25) is 0 Å². The Labute approximate surface area is 128 Å². The summed E-state index contributed by atoms with van der Waals surface area (Å²) >= 11 is 0. The summed E-state index contributed by atoms with van der Waals surface area (Å²) in [6, 6.07) is 6.91. The van der Waals surface area contributed by atoms with Gasteiger partial charge in [-0.15, -0.1) is 12.4 Å². The van der Waals surface area contributed by atoms with Crippen LogP contribution >= 0.6 is 12.4 Å². The molecule has 2 aromatic rings. The Hall–Kier alpha value is -1.92. The second-order valence-corrected chi connectivity index (χ2v) is 5.18. The molecular weight excluding hydrogens is 290 g/mol. The maximum Gasteiger partial charge on any atom is 0.240 e. The third-order valence-corrected chi connectivity index (χ3v) is 3.27. The lowest BCUT2D eigenvalue weighted by atomic mass is 10.2. The van der Waals surface area contributed by atoms with E-state index >= 15 is 0 Å². The Morgan fingerprint density at radius 2 is 2.24 bits per heavy atom. The summed E-state index contributed by atoms with van der Waals surface area (Å²) < 4.78 is 0. The normalized spacial score (nSPS) is 15.1. The van der Waals surface area contributed by atoms with Crippen molar-refractivity contribution in [3.05, 3.63) is 30.1 Å². The fourth-order valence-electron chi connectivity index (χ4n) is 1.93. The quantitative estimate of drug-likeness (QED) is 0.805. The van der Waals surface area contributed by atoms with Crippen molar-refractivity contribution in [2.75, 3.05) is 5.32 Å². The van der Waals surface area contributed by atoms with Crippen molar-refractivity contribution in [1.82, 2.24) is 15.2 Å². The highest BCUT2D eigenvalue weighted by Gasteiger charge is 2.27. The molecule has 4 N–H and O–H groups in total. The predicted octanol–water partition coefficient (Wildman–Crippen LogP) is 2.06. The molecule has 6 nitrogen and oxygen atoms in total. The number of nitrogens with zero attached hydrogens (tertiary/aromatic N) is 2. The summed E-state index contributed by atoms with van der Waals surface area (Å²) in [4.78, 5) is 16.1. The van der Waals surface area contributed by atoms with E-state index in [2.05, 4.69) is 20.5 Å². The highest BCUT2D eigenvalue weighted by Crippen LogP contribution is 2.38. The lowest BCUT2D eigenvalue weighted by molar-refractivity contribution is -0.117. The van der Waals surface area contributed by atoms with Crippen molar-refractivity contribution in [3.63, 3.8) is 0 Å². The largest absolute Gasteiger partial charge is 0.325 e. The van der Waals surface area contributed by atoms with E-state index < -0.39 is 6.04 Å². The average Bonchev–Trinajstić information content (AvgIpc) is 3.16. The van der Waals surface area contributed by atoms with Gasteiger partial charge in [0, 0.05) is 17.2 Å². The van der Waals surface area contributed by atoms with E-state index in [1.165, 1.54) is 12.8 Å². The molecule has 21 heavy (non-hydrogen) atoms. The summed E-state index contributed by atoms with van der Waals surface area (Å²) in [6.45, 7) is 1.65. The number of halogens is 1. The molecule has 1 heterocycles. The third-order valence-electron chi connectivity index (χ3n) is 3.27. The topological polar surface area (TPSA) is 96.7 Å². The number of hydrogen-bond acceptors (Lipinski definition) is 4. The number of rotatable bonds is 4. The molecule has 1 aliphatic rings. The maximum atomic E-state index is 11.6. The fraction of sp³-hybridized carbons (Fsp3) is 0.357. The van der Waals surface area contributed by atoms with Crippen LogP contribution in [0.15, 0.2) is 24.3 Å². The molecular formula is C14H18ClN5O. The van der Waals surface area contributed by atoms with E-state index in [1.807, 2.05) is 24.3 Å². The Morgan fingerprint density at radius 1 is 1.48 bits per heavy atom. The molecule has 0 bridgehead atoms. The Kier molecular flexibility index (Phi) is 4.59. The van der Waals surface area contributed by atoms with Gasteiger partial charge in [-0.2, -0.15) is 5.10 Å². The second kappa shape index (κ2) is 6.24. The number of benzene rings is 1. The molecule has 1 fully saturated rings. The van der Waals surface area contributed by atoms with Crippen LogP contribution in [0.1, 0.15) is 31.5 Å². The summed E-state index contributed by atoms with van der Waals surface area (Å²) in [7, 11) is 0. The lowest BCUT2D eigenvalue weighted by Crippen LogP contribution is -2.32. The number of nitrogens with one attached hydrogen (secondary N) is 2. The van der Waals surface area contributed by atoms with E-state index in [-0.39, 0.29) is 18.3 Å². The van der Waals surface area contributed by atoms with Gasteiger partial charge in [-0.1, -0.05) is 12.1 Å². The highest BCUT2D eigenvalue weighted by atomic mass is 35.5. The molecule has 0 saturated heterocycles. The first-order chi connectivity index (χ1) is 9.63. The van der Waals surface area contributed by atoms with Crippen molar-refractivity contribution in [2.45, 2.75) is 31.7 Å². The molecule has 7 heteroatoms. The molecule has 1 amide bonds. The predicted molar refractivity (Wildman–Crippen MR) is 83.3 cm³/mol. The number of carbonyl (C=O) groups excluding carboxylic acids is 1. The minimum absolute atomic E-state index is 0. The van der Waals surface area contributed by atoms with E-state index in [1.54, 1.807) is 6.92 Å². The first-order valence-corrected chi connectivity index (χ1v) is 6.72. The summed E-state index contributed by atoms with van der Waals surface area (Å²) in [5, 5.41) is 9.97. The van der Waals surface area contributed by atoms with Crippen molar-refractivity contribution < 1.29 is 4.79 Å². The van der Waals surface area contributed by atoms with Gasteiger partial charge in [0.2, 0.25) is 5.91 Å². The van der Waals surface area contributed by atoms with Crippen LogP contribution in [0.4, 0.5) is 5.69 Å². The van der Waals surface area contributed by atoms with Crippen LogP contribution < -0.4 is 11.1 Å². The van der Waals surface area contributed by atoms with Crippen LogP contribution in [0.25, 0.3) is 11.4 Å². The first kappa shape index (κ1) is 15.5. The van der Waals surface area contributed by atoms with Gasteiger partial charge in [0.25, 0.3) is 0 Å². The summed E-state index contributed by atoms with van der Waals surface area (Å²) in [5.74, 6) is 1.93. The van der Waals surface area contributed by atoms with Gasteiger partial charge in [-0.25, -0.2) is 4.98 Å². The molecule has 0 aliphatic heterocycles. The third kappa shape index (κ3) is 3.59. The summed E-state index contributed by atoms with van der Waals surface area (Å²) in [5.41, 5.74) is 7.10. The Balaban J connectivity index is 0.00000161. The van der Waals surface area contributed by atoms with Crippen LogP contribution in [-0.4, -0.2) is 27.1 Å². The zero-order valence-electron chi connectivity index (χ0n) is 11.7. The number of hydrogen-bond donors (Lipinski definition) is 3. The Bertz CT molecular complexity index is 636. The smallest absolute Gasteiger partial charge is 0.240 e. The number of anilines is 1. The summed E-state index contributed by atoms with van der Waals surface area (Å²) in [6.07, 6.45) is 2.36. The van der Waals surface area contributed by atoms with E-state index in [0.29, 0.717) is 17.4 Å². The van der Waals surface area contributed by atoms with Gasteiger partial charge >= 0.3 is 0 Å². The zero-order chi connectivity index (χ0) is 14.1. The van der Waals surface area contributed by atoms with Crippen LogP contribution in [-0.2, 0) is 4.79 Å². The first-order valence-electron chi connectivity index (χ1n) is 6.72. The lowest BCUT2D eigenvalue weighted by Gasteiger charge is -2.08. The van der Waals surface area contributed by atoms with Crippen molar-refractivity contribution >= 4 is 24.0 Å². The van der Waals surface area contributed by atoms with Gasteiger partial charge in [0.1, 0.15) is 5.82 Å². The molecule has 1 atom stereocenters. The molecule has 0 unspecified atom stereocenters. The van der Waals surface area contributed by atoms with Crippen LogP contribution in [0.3, 0.4) is 0 Å². The SMILES string of the molecule is C[C@@H](N)C(=O)Nc1cccc(-c2n[nH]c(C3CC3)n2)c1.Cl. The molecule has 1 aromatic heterocycles. The van der Waals surface area contributed by atoms with Crippen molar-refractivity contribution in [3.8, 4) is 11.4 Å². The number of H-pyrrole nitrogens is 1. The van der Waals surface area contributed by atoms with Crippen molar-refractivity contribution in [2.24, 2.45) is 5.73 Å². The number of carbonyl (C=O) groups is 1. The zero-order valence-corrected chi connectivity index (χ0v) is 12.5. The monoisotopic (exact) mass is 307 g/mol. The number of aromatic amines is 1. The van der Waals surface area contributed by atoms with Gasteiger partial charge in [0.05, 0.1) is 6.04 Å². The number of nitrogens with two attached hydrogens (primary N) is 1. The van der Waals surface area contributed by atoms with Gasteiger partial charge in [-0.05, 0) is 31.9 Å². The van der Waals surface area contributed by atoms with Crippen molar-refractivity contribution in [1.29, 1.82) is 0 Å². The molecule has 1 aromatic carbocycles. The average molecular weight is 308 g/mol. The number of amides is 1. The molecule has 3 rings (SSSR count). The minimum atomic E-state index is -0.538. The van der Waals surface area contributed by atoms with E-state index in [4.69, 9.17) is 5.73 Å². The van der Waals surface area contributed by atoms with Gasteiger partial charge < -0.3 is 11.1 Å². The maximum absolute atomic E-state index is 11.6. The van der Waals surface area contributed by atoms with Crippen LogP contribution in [0.5, 0.6) is 0 Å². The Morgan fingerprint density at radius 3 is 2.90 bits per heavy atom. The standard InChI is InChI=1S/C14H17N5O.ClH/c1-8(15)14(20)16-11-4-2-3-10(7-11)13-17-12(18-19-13)9-5-6-9;/h2-4,7-9H,5-6,15H2,1H3,(H,16,20)(H,17,18,19);1H/t8-;/m1./s1. The van der Waals surface area contributed by atoms with Gasteiger partial charge in [0.15, 0.2) is 5.82 Å². The van der Waals surface area contributed by atoms with E-state index in [9.17, 15) is 4.79 Å². The number of aromatic nitrogens is 3. The fourth-order valence-corrected chi connectivity index (χ4v) is 1.93. The minimum Gasteiger partial charge on any atom is -0.325 e. The molecule has 112 valence electrons. The molecule has 0 spiro atoms. The second-order valence-electron chi connectivity index (χ2n) is 5.18. The molecule has 1 saturated carbocycles. The molecule has 1 aliphatic carbocycles. The highest BCUT2D eigenvalue weighted by molar-refractivity contribution is 5.94.